The van der Waals surface area contributed by atoms with E-state index >= 15 is 0 Å². The van der Waals surface area contributed by atoms with Gasteiger partial charge in [0.05, 0.1) is 18.3 Å². The van der Waals surface area contributed by atoms with Crippen LogP contribution in [0.5, 0.6) is 0 Å². The number of aromatic nitrogens is 1. The number of nitrogens with one attached hydrogen (secondary N) is 1. The summed E-state index contributed by atoms with van der Waals surface area (Å²) in [6, 6.07) is 0. The van der Waals surface area contributed by atoms with Crippen LogP contribution in [0.2, 0.25) is 0 Å². The van der Waals surface area contributed by atoms with E-state index in [2.05, 4.69) is 10.3 Å². The number of thiazole rings is 1. The Morgan fingerprint density at radius 1 is 1.75 bits per heavy atom. The van der Waals surface area contributed by atoms with Crippen molar-refractivity contribution >= 4 is 22.4 Å². The fourth-order valence-electron chi connectivity index (χ4n) is 1.33. The summed E-state index contributed by atoms with van der Waals surface area (Å²) in [6.45, 7) is 4.30. The number of likely N-dealkylation sites (N-methyl/N-ethyl adjacent to an activating group) is 1. The van der Waals surface area contributed by atoms with Crippen LogP contribution < -0.4 is 5.32 Å². The largest absolute Gasteiger partial charge is 0.392 e. The lowest BCUT2D eigenvalue weighted by atomic mass is 10.3. The van der Waals surface area contributed by atoms with Crippen LogP contribution in [-0.2, 0) is 4.79 Å². The number of rotatable bonds is 5. The van der Waals surface area contributed by atoms with Gasteiger partial charge in [-0.05, 0) is 20.9 Å². The van der Waals surface area contributed by atoms with E-state index in [1.807, 2.05) is 12.3 Å². The van der Waals surface area contributed by atoms with Gasteiger partial charge in [0.15, 0.2) is 5.13 Å². The molecule has 6 heteroatoms. The SMILES string of the molecule is Cc1csc(NC(=O)CN(C)CC(C)O)n1. The van der Waals surface area contributed by atoms with Crippen molar-refractivity contribution < 1.29 is 9.90 Å². The summed E-state index contributed by atoms with van der Waals surface area (Å²) in [5.74, 6) is -0.113. The predicted octanol–water partition coefficient (Wildman–Crippen LogP) is 0.703. The van der Waals surface area contributed by atoms with Crippen molar-refractivity contribution in [1.29, 1.82) is 0 Å². The molecule has 0 saturated carbocycles. The minimum atomic E-state index is -0.431. The summed E-state index contributed by atoms with van der Waals surface area (Å²) < 4.78 is 0. The van der Waals surface area contributed by atoms with Crippen molar-refractivity contribution in [3.63, 3.8) is 0 Å². The smallest absolute Gasteiger partial charge is 0.240 e. The monoisotopic (exact) mass is 243 g/mol. The average Bonchev–Trinajstić information content (AvgIpc) is 2.48. The zero-order valence-electron chi connectivity index (χ0n) is 9.73. The maximum atomic E-state index is 11.5. The number of hydrogen-bond acceptors (Lipinski definition) is 5. The van der Waals surface area contributed by atoms with E-state index in [1.165, 1.54) is 11.3 Å². The van der Waals surface area contributed by atoms with Gasteiger partial charge < -0.3 is 10.4 Å². The third-order valence-corrected chi connectivity index (χ3v) is 2.73. The first kappa shape index (κ1) is 13.1. The Balaban J connectivity index is 2.36. The van der Waals surface area contributed by atoms with Gasteiger partial charge in [-0.15, -0.1) is 11.3 Å². The number of carbonyl (C=O) groups excluding carboxylic acids is 1. The molecule has 0 aliphatic rings. The number of hydrogen-bond donors (Lipinski definition) is 2. The Hall–Kier alpha value is -0.980. The van der Waals surface area contributed by atoms with E-state index < -0.39 is 6.10 Å². The highest BCUT2D eigenvalue weighted by Gasteiger charge is 2.10. The van der Waals surface area contributed by atoms with E-state index in [0.29, 0.717) is 11.7 Å². The van der Waals surface area contributed by atoms with Crippen LogP contribution >= 0.6 is 11.3 Å². The third kappa shape index (κ3) is 4.69. The summed E-state index contributed by atoms with van der Waals surface area (Å²) in [6.07, 6.45) is -0.431. The highest BCUT2D eigenvalue weighted by atomic mass is 32.1. The molecular formula is C10H17N3O2S. The van der Waals surface area contributed by atoms with Crippen LogP contribution in [0.3, 0.4) is 0 Å². The molecule has 0 aliphatic carbocycles. The van der Waals surface area contributed by atoms with Crippen molar-refractivity contribution in [2.24, 2.45) is 0 Å². The second-order valence-corrected chi connectivity index (χ2v) is 4.75. The van der Waals surface area contributed by atoms with Crippen molar-refractivity contribution in [2.45, 2.75) is 20.0 Å². The molecule has 0 bridgehead atoms. The van der Waals surface area contributed by atoms with Gasteiger partial charge in [0.2, 0.25) is 5.91 Å². The molecule has 1 rings (SSSR count). The molecule has 1 unspecified atom stereocenters. The van der Waals surface area contributed by atoms with Crippen LogP contribution in [0.25, 0.3) is 0 Å². The van der Waals surface area contributed by atoms with Crippen molar-refractivity contribution in [3.05, 3.63) is 11.1 Å². The summed E-state index contributed by atoms with van der Waals surface area (Å²) in [7, 11) is 1.79. The molecular weight excluding hydrogens is 226 g/mol. The van der Waals surface area contributed by atoms with Crippen LogP contribution in [0, 0.1) is 6.92 Å². The Morgan fingerprint density at radius 3 is 2.94 bits per heavy atom. The quantitative estimate of drug-likeness (QED) is 0.799. The fourth-order valence-corrected chi connectivity index (χ4v) is 2.04. The molecule has 1 atom stereocenters. The van der Waals surface area contributed by atoms with E-state index in [1.54, 1.807) is 18.9 Å². The fraction of sp³-hybridized carbons (Fsp3) is 0.600. The second kappa shape index (κ2) is 5.93. The van der Waals surface area contributed by atoms with Gasteiger partial charge in [0.1, 0.15) is 0 Å². The summed E-state index contributed by atoms with van der Waals surface area (Å²) in [4.78, 5) is 17.4. The number of amides is 1. The normalized spacial score (nSPS) is 12.8. The average molecular weight is 243 g/mol. The van der Waals surface area contributed by atoms with Gasteiger partial charge >= 0.3 is 0 Å². The number of aliphatic hydroxyl groups is 1. The molecule has 16 heavy (non-hydrogen) atoms. The standard InChI is InChI=1S/C10H17N3O2S/c1-7-6-16-10(11-7)12-9(15)5-13(3)4-8(2)14/h6,8,14H,4-5H2,1-3H3,(H,11,12,15). The number of aliphatic hydroxyl groups excluding tert-OH is 1. The molecule has 5 nitrogen and oxygen atoms in total. The van der Waals surface area contributed by atoms with Gasteiger partial charge in [0, 0.05) is 11.9 Å². The maximum absolute atomic E-state index is 11.5. The Labute approximate surface area is 99.1 Å². The van der Waals surface area contributed by atoms with Crippen LogP contribution in [0.1, 0.15) is 12.6 Å². The van der Waals surface area contributed by atoms with E-state index in [9.17, 15) is 4.79 Å². The molecule has 0 aliphatic heterocycles. The van der Waals surface area contributed by atoms with Gasteiger partial charge in [-0.2, -0.15) is 0 Å². The second-order valence-electron chi connectivity index (χ2n) is 3.89. The highest BCUT2D eigenvalue weighted by molar-refractivity contribution is 7.13. The first-order chi connectivity index (χ1) is 7.47. The van der Waals surface area contributed by atoms with E-state index in [4.69, 9.17) is 5.11 Å². The third-order valence-electron chi connectivity index (χ3n) is 1.85. The number of nitrogens with zero attached hydrogens (tertiary/aromatic N) is 2. The minimum absolute atomic E-state index is 0.113. The number of carbonyl (C=O) groups is 1. The molecule has 0 radical (unpaired) electrons. The van der Waals surface area contributed by atoms with Crippen molar-refractivity contribution in [2.75, 3.05) is 25.5 Å². The molecule has 0 saturated heterocycles. The van der Waals surface area contributed by atoms with Crippen LogP contribution in [0.15, 0.2) is 5.38 Å². The Kier molecular flexibility index (Phi) is 4.85. The first-order valence-electron chi connectivity index (χ1n) is 5.06. The summed E-state index contributed by atoms with van der Waals surface area (Å²) >= 11 is 1.41. The molecule has 90 valence electrons. The lowest BCUT2D eigenvalue weighted by molar-refractivity contribution is -0.117. The molecule has 1 heterocycles. The Bertz CT molecular complexity index is 352. The molecule has 0 aromatic carbocycles. The van der Waals surface area contributed by atoms with Crippen LogP contribution in [-0.4, -0.2) is 47.1 Å². The number of aryl methyl sites for hydroxylation is 1. The molecule has 0 spiro atoms. The van der Waals surface area contributed by atoms with Crippen LogP contribution in [0.4, 0.5) is 5.13 Å². The molecule has 2 N–H and O–H groups in total. The van der Waals surface area contributed by atoms with Crippen molar-refractivity contribution in [1.82, 2.24) is 9.88 Å². The first-order valence-corrected chi connectivity index (χ1v) is 5.94. The lowest BCUT2D eigenvalue weighted by Gasteiger charge is -2.16. The lowest BCUT2D eigenvalue weighted by Crippen LogP contribution is -2.34. The Morgan fingerprint density at radius 2 is 2.44 bits per heavy atom. The molecule has 1 amide bonds. The molecule has 1 aromatic rings. The summed E-state index contributed by atoms with van der Waals surface area (Å²) in [5.41, 5.74) is 0.901. The van der Waals surface area contributed by atoms with Gasteiger partial charge in [-0.3, -0.25) is 9.69 Å². The highest BCUT2D eigenvalue weighted by Crippen LogP contribution is 2.13. The zero-order valence-corrected chi connectivity index (χ0v) is 10.5. The molecule has 1 aromatic heterocycles. The zero-order chi connectivity index (χ0) is 12.1. The maximum Gasteiger partial charge on any atom is 0.240 e. The van der Waals surface area contributed by atoms with E-state index in [0.717, 1.165) is 5.69 Å². The summed E-state index contributed by atoms with van der Waals surface area (Å²) in [5, 5.41) is 14.4. The van der Waals surface area contributed by atoms with Crippen molar-refractivity contribution in [3.8, 4) is 0 Å². The topological polar surface area (TPSA) is 65.5 Å². The van der Waals surface area contributed by atoms with Gasteiger partial charge in [-0.25, -0.2) is 4.98 Å². The number of anilines is 1. The van der Waals surface area contributed by atoms with Gasteiger partial charge in [0.25, 0.3) is 0 Å². The van der Waals surface area contributed by atoms with Gasteiger partial charge in [-0.1, -0.05) is 0 Å². The van der Waals surface area contributed by atoms with E-state index in [-0.39, 0.29) is 12.5 Å². The minimum Gasteiger partial charge on any atom is -0.392 e. The molecule has 0 fully saturated rings. The predicted molar refractivity (Wildman–Crippen MR) is 64.7 cm³/mol.